The van der Waals surface area contributed by atoms with Crippen molar-refractivity contribution in [1.82, 2.24) is 10.3 Å². The molecule has 0 radical (unpaired) electrons. The maximum Gasteiger partial charge on any atom is 0.223 e. The van der Waals surface area contributed by atoms with Crippen LogP contribution in [0.4, 0.5) is 5.13 Å². The molecular weight excluding hydrogens is 342 g/mol. The molecule has 4 rings (SSSR count). The number of hydrogen-bond donors (Lipinski definition) is 1. The number of carbonyl (C=O) groups excluding carboxylic acids is 1. The molecule has 0 unspecified atom stereocenters. The van der Waals surface area contributed by atoms with Gasteiger partial charge in [0.05, 0.1) is 10.2 Å². The third-order valence-electron chi connectivity index (χ3n) is 5.87. The minimum absolute atomic E-state index is 0.172. The van der Waals surface area contributed by atoms with E-state index in [1.165, 1.54) is 35.9 Å². The number of rotatable bonds is 3. The van der Waals surface area contributed by atoms with Gasteiger partial charge in [0.25, 0.3) is 0 Å². The molecular formula is C21H29N3OS. The highest BCUT2D eigenvalue weighted by molar-refractivity contribution is 7.22. The first-order valence-corrected chi connectivity index (χ1v) is 10.9. The molecule has 1 N–H and O–H groups in total. The molecule has 2 aromatic rings. The number of hydrogen-bond acceptors (Lipinski definition) is 4. The molecule has 5 heteroatoms. The molecule has 1 amide bonds. The molecule has 0 atom stereocenters. The van der Waals surface area contributed by atoms with E-state index in [9.17, 15) is 4.79 Å². The van der Waals surface area contributed by atoms with Gasteiger partial charge in [-0.2, -0.15) is 0 Å². The first kappa shape index (κ1) is 17.8. The summed E-state index contributed by atoms with van der Waals surface area (Å²) in [4.78, 5) is 19.8. The number of anilines is 1. The van der Waals surface area contributed by atoms with E-state index in [1.807, 2.05) is 0 Å². The number of fused-ring (bicyclic) bond motifs is 1. The van der Waals surface area contributed by atoms with Crippen LogP contribution in [0.2, 0.25) is 0 Å². The van der Waals surface area contributed by atoms with Crippen molar-refractivity contribution in [2.24, 2.45) is 5.92 Å². The molecule has 1 aromatic heterocycles. The Balaban J connectivity index is 1.33. The molecule has 1 saturated heterocycles. The highest BCUT2D eigenvalue weighted by atomic mass is 32.1. The van der Waals surface area contributed by atoms with Crippen molar-refractivity contribution in [3.05, 3.63) is 23.8 Å². The summed E-state index contributed by atoms with van der Waals surface area (Å²) in [6.45, 7) is 3.99. The van der Waals surface area contributed by atoms with Crippen LogP contribution < -0.4 is 10.2 Å². The smallest absolute Gasteiger partial charge is 0.223 e. The summed E-state index contributed by atoms with van der Waals surface area (Å²) in [5.41, 5.74) is 2.37. The fourth-order valence-corrected chi connectivity index (χ4v) is 5.35. The van der Waals surface area contributed by atoms with E-state index in [2.05, 4.69) is 35.3 Å². The minimum atomic E-state index is 0.172. The number of nitrogens with zero attached hydrogens (tertiary/aromatic N) is 2. The molecule has 2 fully saturated rings. The molecule has 4 nitrogen and oxygen atoms in total. The first-order valence-electron chi connectivity index (χ1n) is 10.1. The molecule has 0 spiro atoms. The summed E-state index contributed by atoms with van der Waals surface area (Å²) in [7, 11) is 0. The number of aryl methyl sites for hydroxylation is 1. The van der Waals surface area contributed by atoms with Crippen LogP contribution in [0.15, 0.2) is 18.2 Å². The van der Waals surface area contributed by atoms with Gasteiger partial charge in [0.15, 0.2) is 5.13 Å². The minimum Gasteiger partial charge on any atom is -0.353 e. The molecule has 1 aromatic carbocycles. The molecule has 1 aliphatic carbocycles. The van der Waals surface area contributed by atoms with Crippen molar-refractivity contribution in [2.75, 3.05) is 18.0 Å². The van der Waals surface area contributed by atoms with Crippen LogP contribution >= 0.6 is 11.3 Å². The average Bonchev–Trinajstić information content (AvgIpc) is 2.90. The largest absolute Gasteiger partial charge is 0.353 e. The quantitative estimate of drug-likeness (QED) is 0.798. The summed E-state index contributed by atoms with van der Waals surface area (Å²) >= 11 is 1.77. The fraction of sp³-hybridized carbons (Fsp3) is 0.619. The predicted octanol–water partition coefficient (Wildman–Crippen LogP) is 4.66. The van der Waals surface area contributed by atoms with Crippen LogP contribution in [0.1, 0.15) is 56.9 Å². The highest BCUT2D eigenvalue weighted by Crippen LogP contribution is 2.32. The van der Waals surface area contributed by atoms with Crippen LogP contribution in [0.3, 0.4) is 0 Å². The van der Waals surface area contributed by atoms with E-state index in [-0.39, 0.29) is 11.8 Å². The van der Waals surface area contributed by atoms with Crippen LogP contribution in [0, 0.1) is 12.8 Å². The Hall–Kier alpha value is -1.62. The van der Waals surface area contributed by atoms with Crippen molar-refractivity contribution in [3.63, 3.8) is 0 Å². The normalized spacial score (nSPS) is 20.3. The SMILES string of the molecule is Cc1ccc2nc(N3CCC(C(=O)NC4CCCCCC4)CC3)sc2c1. The Kier molecular flexibility index (Phi) is 5.44. The Morgan fingerprint density at radius 1 is 1.12 bits per heavy atom. The zero-order valence-corrected chi connectivity index (χ0v) is 16.5. The van der Waals surface area contributed by atoms with Gasteiger partial charge in [-0.15, -0.1) is 0 Å². The summed E-state index contributed by atoms with van der Waals surface area (Å²) < 4.78 is 1.26. The zero-order chi connectivity index (χ0) is 17.9. The lowest BCUT2D eigenvalue weighted by Crippen LogP contribution is -2.43. The number of nitrogens with one attached hydrogen (secondary N) is 1. The van der Waals surface area contributed by atoms with Crippen LogP contribution in [-0.4, -0.2) is 30.0 Å². The van der Waals surface area contributed by atoms with E-state index in [4.69, 9.17) is 4.98 Å². The van der Waals surface area contributed by atoms with Gasteiger partial charge in [-0.25, -0.2) is 4.98 Å². The van der Waals surface area contributed by atoms with E-state index in [0.29, 0.717) is 6.04 Å². The van der Waals surface area contributed by atoms with Gasteiger partial charge in [-0.1, -0.05) is 43.1 Å². The number of aromatic nitrogens is 1. The molecule has 0 bridgehead atoms. The number of carbonyl (C=O) groups is 1. The Labute approximate surface area is 160 Å². The molecule has 1 aliphatic heterocycles. The Morgan fingerprint density at radius 3 is 2.58 bits per heavy atom. The summed E-state index contributed by atoms with van der Waals surface area (Å²) in [6, 6.07) is 6.85. The molecule has 26 heavy (non-hydrogen) atoms. The third-order valence-corrected chi connectivity index (χ3v) is 6.95. The Morgan fingerprint density at radius 2 is 1.85 bits per heavy atom. The van der Waals surface area contributed by atoms with Crippen molar-refractivity contribution < 1.29 is 4.79 Å². The number of benzene rings is 1. The predicted molar refractivity (Wildman–Crippen MR) is 109 cm³/mol. The highest BCUT2D eigenvalue weighted by Gasteiger charge is 2.28. The lowest BCUT2D eigenvalue weighted by Gasteiger charge is -2.31. The van der Waals surface area contributed by atoms with Crippen LogP contribution in [0.5, 0.6) is 0 Å². The van der Waals surface area contributed by atoms with Crippen molar-refractivity contribution in [2.45, 2.75) is 64.3 Å². The van der Waals surface area contributed by atoms with Gasteiger partial charge in [-0.05, 0) is 50.3 Å². The number of thiazole rings is 1. The van der Waals surface area contributed by atoms with Crippen LogP contribution in [0.25, 0.3) is 10.2 Å². The number of piperidine rings is 1. The van der Waals surface area contributed by atoms with Gasteiger partial charge in [0.2, 0.25) is 5.91 Å². The molecule has 2 heterocycles. The lowest BCUT2D eigenvalue weighted by molar-refractivity contribution is -0.126. The van der Waals surface area contributed by atoms with Gasteiger partial charge in [0, 0.05) is 25.0 Å². The standard InChI is InChI=1S/C21H29N3OS/c1-15-8-9-18-19(14-15)26-21(23-18)24-12-10-16(11-13-24)20(25)22-17-6-4-2-3-5-7-17/h8-9,14,16-17H,2-7,10-13H2,1H3,(H,22,25). The van der Waals surface area contributed by atoms with Crippen molar-refractivity contribution in [3.8, 4) is 0 Å². The zero-order valence-electron chi connectivity index (χ0n) is 15.7. The molecule has 1 saturated carbocycles. The van der Waals surface area contributed by atoms with Gasteiger partial charge < -0.3 is 10.2 Å². The first-order chi connectivity index (χ1) is 12.7. The van der Waals surface area contributed by atoms with Crippen LogP contribution in [-0.2, 0) is 4.79 Å². The van der Waals surface area contributed by atoms with Gasteiger partial charge >= 0.3 is 0 Å². The van der Waals surface area contributed by atoms with Crippen molar-refractivity contribution >= 4 is 32.6 Å². The van der Waals surface area contributed by atoms with E-state index in [1.54, 1.807) is 11.3 Å². The molecule has 2 aliphatic rings. The second-order valence-electron chi connectivity index (χ2n) is 7.93. The van der Waals surface area contributed by atoms with E-state index < -0.39 is 0 Å². The van der Waals surface area contributed by atoms with Gasteiger partial charge in [0.1, 0.15) is 0 Å². The van der Waals surface area contributed by atoms with Crippen molar-refractivity contribution in [1.29, 1.82) is 0 Å². The fourth-order valence-electron chi connectivity index (χ4n) is 4.23. The molecule has 140 valence electrons. The average molecular weight is 372 g/mol. The van der Waals surface area contributed by atoms with E-state index in [0.717, 1.165) is 49.4 Å². The maximum atomic E-state index is 12.7. The maximum absolute atomic E-state index is 12.7. The second kappa shape index (κ2) is 7.95. The lowest BCUT2D eigenvalue weighted by atomic mass is 9.95. The Bertz CT molecular complexity index is 756. The third kappa shape index (κ3) is 4.03. The second-order valence-corrected chi connectivity index (χ2v) is 8.94. The topological polar surface area (TPSA) is 45.2 Å². The monoisotopic (exact) mass is 371 g/mol. The summed E-state index contributed by atoms with van der Waals surface area (Å²) in [6.07, 6.45) is 9.38. The van der Waals surface area contributed by atoms with Gasteiger partial charge in [-0.3, -0.25) is 4.79 Å². The number of amides is 1. The summed E-state index contributed by atoms with van der Waals surface area (Å²) in [5.74, 6) is 0.461. The van der Waals surface area contributed by atoms with E-state index >= 15 is 0 Å². The summed E-state index contributed by atoms with van der Waals surface area (Å²) in [5, 5.41) is 4.45.